The van der Waals surface area contributed by atoms with E-state index in [1.54, 1.807) is 0 Å². The van der Waals surface area contributed by atoms with E-state index in [4.69, 9.17) is 5.73 Å². The van der Waals surface area contributed by atoms with Crippen LogP contribution in [-0.2, 0) is 13.1 Å². The number of hydrogen-bond donors (Lipinski definition) is 3. The van der Waals surface area contributed by atoms with Crippen molar-refractivity contribution in [3.05, 3.63) is 63.3 Å². The number of aromatic amines is 1. The molecular weight excluding hydrogens is 260 g/mol. The fourth-order valence-electron chi connectivity index (χ4n) is 1.82. The van der Waals surface area contributed by atoms with Gasteiger partial charge in [-0.05, 0) is 22.1 Å². The first-order valence-corrected chi connectivity index (χ1v) is 6.00. The third kappa shape index (κ3) is 3.01. The van der Waals surface area contributed by atoms with Gasteiger partial charge in [-0.3, -0.25) is 4.79 Å². The Hall–Kier alpha value is -2.67. The van der Waals surface area contributed by atoms with Crippen LogP contribution in [0.25, 0.3) is 0 Å². The zero-order chi connectivity index (χ0) is 14.5. The van der Waals surface area contributed by atoms with E-state index >= 15 is 0 Å². The quantitative estimate of drug-likeness (QED) is 0.563. The van der Waals surface area contributed by atoms with Gasteiger partial charge in [0.15, 0.2) is 5.69 Å². The highest BCUT2D eigenvalue weighted by atomic mass is 16.6. The molecule has 0 aliphatic carbocycles. The first kappa shape index (κ1) is 13.8. The number of H-pyrrole nitrogens is 1. The Morgan fingerprint density at radius 2 is 1.95 bits per heavy atom. The number of hydrogen-bond acceptors (Lipinski definition) is 4. The molecule has 0 bridgehead atoms. The van der Waals surface area contributed by atoms with Gasteiger partial charge >= 0.3 is 5.82 Å². The summed E-state index contributed by atoms with van der Waals surface area (Å²) in [5, 5.41) is 13.2. The van der Waals surface area contributed by atoms with E-state index in [2.05, 4.69) is 10.3 Å². The molecule has 2 aromatic rings. The molecule has 7 heteroatoms. The lowest BCUT2D eigenvalue weighted by Gasteiger charge is -2.07. The topological polar surface area (TPSA) is 114 Å². The Kier molecular flexibility index (Phi) is 4.11. The van der Waals surface area contributed by atoms with Crippen LogP contribution >= 0.6 is 0 Å². The van der Waals surface area contributed by atoms with Crippen LogP contribution in [0.1, 0.15) is 21.6 Å². The highest BCUT2D eigenvalue weighted by Gasteiger charge is 2.15. The van der Waals surface area contributed by atoms with Gasteiger partial charge in [0, 0.05) is 19.2 Å². The molecule has 7 nitrogen and oxygen atoms in total. The number of rotatable bonds is 5. The van der Waals surface area contributed by atoms with Crippen molar-refractivity contribution in [2.24, 2.45) is 5.73 Å². The number of amides is 1. The van der Waals surface area contributed by atoms with Crippen molar-refractivity contribution in [3.63, 3.8) is 0 Å². The number of nitro groups is 1. The molecule has 0 spiro atoms. The summed E-state index contributed by atoms with van der Waals surface area (Å²) in [7, 11) is 0. The predicted molar refractivity (Wildman–Crippen MR) is 73.0 cm³/mol. The lowest BCUT2D eigenvalue weighted by molar-refractivity contribution is -0.389. The number of nitrogens with zero attached hydrogens (tertiary/aromatic N) is 1. The van der Waals surface area contributed by atoms with Gasteiger partial charge in [-0.15, -0.1) is 0 Å². The number of aromatic nitrogens is 1. The van der Waals surface area contributed by atoms with Crippen molar-refractivity contribution in [3.8, 4) is 0 Å². The average molecular weight is 274 g/mol. The van der Waals surface area contributed by atoms with Gasteiger partial charge in [0.25, 0.3) is 5.91 Å². The third-order valence-corrected chi connectivity index (χ3v) is 2.89. The summed E-state index contributed by atoms with van der Waals surface area (Å²) >= 11 is 0. The van der Waals surface area contributed by atoms with E-state index in [-0.39, 0.29) is 11.5 Å². The second kappa shape index (κ2) is 5.98. The number of carbonyl (C=O) groups excluding carboxylic acids is 1. The van der Waals surface area contributed by atoms with E-state index in [1.165, 1.54) is 12.1 Å². The van der Waals surface area contributed by atoms with Crippen LogP contribution in [0, 0.1) is 10.1 Å². The summed E-state index contributed by atoms with van der Waals surface area (Å²) in [5.41, 5.74) is 7.64. The predicted octanol–water partition coefficient (Wildman–Crippen LogP) is 1.31. The lowest BCUT2D eigenvalue weighted by Crippen LogP contribution is -2.24. The fraction of sp³-hybridized carbons (Fsp3) is 0.154. The number of nitrogens with two attached hydrogens (primary N) is 1. The summed E-state index contributed by atoms with van der Waals surface area (Å²) in [6.07, 6.45) is 0. The van der Waals surface area contributed by atoms with Gasteiger partial charge in [-0.25, -0.2) is 4.98 Å². The average Bonchev–Trinajstić information content (AvgIpc) is 2.95. The van der Waals surface area contributed by atoms with Gasteiger partial charge in [0.1, 0.15) is 0 Å². The molecule has 1 heterocycles. The molecule has 1 amide bonds. The van der Waals surface area contributed by atoms with Crippen LogP contribution in [0.2, 0.25) is 0 Å². The molecule has 1 aromatic heterocycles. The molecule has 2 rings (SSSR count). The Bertz CT molecular complexity index is 636. The van der Waals surface area contributed by atoms with E-state index < -0.39 is 10.8 Å². The minimum absolute atomic E-state index is 0.155. The van der Waals surface area contributed by atoms with Crippen LogP contribution in [-0.4, -0.2) is 15.8 Å². The van der Waals surface area contributed by atoms with Crippen LogP contribution in [0.5, 0.6) is 0 Å². The molecule has 0 unspecified atom stereocenters. The largest absolute Gasteiger partial charge is 0.358 e. The van der Waals surface area contributed by atoms with E-state index in [0.717, 1.165) is 11.1 Å². The minimum Gasteiger partial charge on any atom is -0.358 e. The zero-order valence-electron chi connectivity index (χ0n) is 10.6. The molecule has 0 saturated heterocycles. The zero-order valence-corrected chi connectivity index (χ0v) is 10.6. The lowest BCUT2D eigenvalue weighted by atomic mass is 10.1. The van der Waals surface area contributed by atoms with E-state index in [9.17, 15) is 14.9 Å². The molecule has 0 atom stereocenters. The molecule has 1 aromatic carbocycles. The monoisotopic (exact) mass is 274 g/mol. The molecule has 0 radical (unpaired) electrons. The molecule has 0 aliphatic heterocycles. The molecule has 104 valence electrons. The van der Waals surface area contributed by atoms with Crippen LogP contribution in [0.4, 0.5) is 5.82 Å². The third-order valence-electron chi connectivity index (χ3n) is 2.89. The van der Waals surface area contributed by atoms with Crippen molar-refractivity contribution in [1.82, 2.24) is 10.3 Å². The number of carbonyl (C=O) groups is 1. The van der Waals surface area contributed by atoms with Crippen LogP contribution in [0.3, 0.4) is 0 Å². The molecule has 0 fully saturated rings. The van der Waals surface area contributed by atoms with Gasteiger partial charge in [-0.1, -0.05) is 24.3 Å². The van der Waals surface area contributed by atoms with Crippen LogP contribution in [0.15, 0.2) is 36.4 Å². The Morgan fingerprint density at radius 1 is 1.25 bits per heavy atom. The van der Waals surface area contributed by atoms with Gasteiger partial charge < -0.3 is 21.2 Å². The highest BCUT2D eigenvalue weighted by molar-refractivity contribution is 5.92. The Labute approximate surface area is 114 Å². The van der Waals surface area contributed by atoms with Crippen molar-refractivity contribution < 1.29 is 9.72 Å². The first-order chi connectivity index (χ1) is 9.61. The van der Waals surface area contributed by atoms with Crippen molar-refractivity contribution in [2.45, 2.75) is 13.1 Å². The fourth-order valence-corrected chi connectivity index (χ4v) is 1.82. The van der Waals surface area contributed by atoms with Crippen molar-refractivity contribution in [1.29, 1.82) is 0 Å². The van der Waals surface area contributed by atoms with Gasteiger partial charge in [0.05, 0.1) is 0 Å². The molecule has 0 aliphatic rings. The summed E-state index contributed by atoms with van der Waals surface area (Å²) in [4.78, 5) is 24.2. The molecular formula is C13H14N4O3. The maximum absolute atomic E-state index is 11.9. The Balaban J connectivity index is 2.03. The van der Waals surface area contributed by atoms with Crippen molar-refractivity contribution >= 4 is 11.7 Å². The van der Waals surface area contributed by atoms with Crippen molar-refractivity contribution in [2.75, 3.05) is 0 Å². The second-order valence-electron chi connectivity index (χ2n) is 4.17. The van der Waals surface area contributed by atoms with E-state index in [1.807, 2.05) is 24.3 Å². The highest BCUT2D eigenvalue weighted by Crippen LogP contribution is 2.11. The standard InChI is InChI=1S/C13H14N4O3/c14-7-9-3-1-2-4-10(9)8-15-13(18)11-5-6-12(16-11)17(19)20/h1-6,16H,7-8,14H2,(H,15,18). The molecule has 4 N–H and O–H groups in total. The SMILES string of the molecule is NCc1ccccc1CNC(=O)c1ccc([N+](=O)[O-])[nH]1. The molecule has 0 saturated carbocycles. The number of benzene rings is 1. The minimum atomic E-state index is -0.583. The van der Waals surface area contributed by atoms with Crippen LogP contribution < -0.4 is 11.1 Å². The summed E-state index contributed by atoms with van der Waals surface area (Å²) in [5.74, 6) is -0.609. The summed E-state index contributed by atoms with van der Waals surface area (Å²) < 4.78 is 0. The number of nitrogens with one attached hydrogen (secondary N) is 2. The normalized spacial score (nSPS) is 10.2. The molecule has 20 heavy (non-hydrogen) atoms. The second-order valence-corrected chi connectivity index (χ2v) is 4.17. The summed E-state index contributed by atoms with van der Waals surface area (Å²) in [6.45, 7) is 0.707. The summed E-state index contributed by atoms with van der Waals surface area (Å²) in [6, 6.07) is 10.1. The smallest absolute Gasteiger partial charge is 0.321 e. The van der Waals surface area contributed by atoms with Gasteiger partial charge in [0.2, 0.25) is 0 Å². The maximum Gasteiger partial charge on any atom is 0.321 e. The van der Waals surface area contributed by atoms with E-state index in [0.29, 0.717) is 13.1 Å². The van der Waals surface area contributed by atoms with Gasteiger partial charge in [-0.2, -0.15) is 0 Å². The maximum atomic E-state index is 11.9. The Morgan fingerprint density at radius 3 is 2.55 bits per heavy atom. The first-order valence-electron chi connectivity index (χ1n) is 6.00.